The van der Waals surface area contributed by atoms with E-state index >= 15 is 0 Å². The van der Waals surface area contributed by atoms with Crippen molar-refractivity contribution < 1.29 is 23.9 Å². The molecule has 2 fully saturated rings. The molecule has 3 aromatic heterocycles. The van der Waals surface area contributed by atoms with Crippen LogP contribution in [0.5, 0.6) is 0 Å². The van der Waals surface area contributed by atoms with Gasteiger partial charge in [-0.3, -0.25) is 24.4 Å². The van der Waals surface area contributed by atoms with Crippen molar-refractivity contribution in [3.8, 4) is 11.1 Å². The Bertz CT molecular complexity index is 1500. The summed E-state index contributed by atoms with van der Waals surface area (Å²) in [6, 6.07) is 16.1. The van der Waals surface area contributed by atoms with E-state index in [2.05, 4.69) is 25.6 Å². The van der Waals surface area contributed by atoms with Gasteiger partial charge >= 0.3 is 0 Å². The zero-order chi connectivity index (χ0) is 27.5. The van der Waals surface area contributed by atoms with E-state index in [4.69, 9.17) is 9.47 Å². The molecule has 1 spiro atoms. The molecule has 11 nitrogen and oxygen atoms in total. The molecular weight excluding hydrogens is 512 g/mol. The van der Waals surface area contributed by atoms with Crippen LogP contribution in [0.1, 0.15) is 22.6 Å². The van der Waals surface area contributed by atoms with E-state index in [9.17, 15) is 14.4 Å². The van der Waals surface area contributed by atoms with Crippen molar-refractivity contribution in [3.05, 3.63) is 84.6 Å². The van der Waals surface area contributed by atoms with Crippen molar-refractivity contribution >= 4 is 28.6 Å². The van der Waals surface area contributed by atoms with Crippen LogP contribution in [0.25, 0.3) is 22.0 Å². The molecule has 4 aromatic rings. The molecule has 2 saturated heterocycles. The second-order valence-corrected chi connectivity index (χ2v) is 9.81. The minimum atomic E-state index is -1.02. The zero-order valence-corrected chi connectivity index (χ0v) is 21.6. The first-order chi connectivity index (χ1) is 19.5. The van der Waals surface area contributed by atoms with Crippen LogP contribution in [0.15, 0.2) is 73.2 Å². The van der Waals surface area contributed by atoms with Gasteiger partial charge in [0.25, 0.3) is 5.91 Å². The summed E-state index contributed by atoms with van der Waals surface area (Å²) in [5.74, 6) is -2.25. The van der Waals surface area contributed by atoms with Crippen LogP contribution in [0.2, 0.25) is 0 Å². The number of benzene rings is 1. The van der Waals surface area contributed by atoms with Crippen molar-refractivity contribution in [1.29, 1.82) is 0 Å². The number of hydrogen-bond donors (Lipinski definition) is 3. The number of ether oxygens (including phenoxy) is 2. The summed E-state index contributed by atoms with van der Waals surface area (Å²) >= 11 is 0. The fourth-order valence-electron chi connectivity index (χ4n) is 5.15. The number of aromatic nitrogens is 3. The van der Waals surface area contributed by atoms with E-state index in [0.717, 1.165) is 27.7 Å². The number of hydrogen-bond acceptors (Lipinski definition) is 7. The first-order valence-electron chi connectivity index (χ1n) is 13.1. The number of H-pyrrole nitrogens is 1. The molecule has 1 aromatic carbocycles. The van der Waals surface area contributed by atoms with Crippen LogP contribution in [-0.2, 0) is 25.6 Å². The van der Waals surface area contributed by atoms with Crippen LogP contribution in [0.4, 0.5) is 0 Å². The van der Waals surface area contributed by atoms with Gasteiger partial charge in [-0.25, -0.2) is 0 Å². The minimum Gasteiger partial charge on any atom is -0.357 e. The lowest BCUT2D eigenvalue weighted by Crippen LogP contribution is -2.49. The van der Waals surface area contributed by atoms with Gasteiger partial charge in [0.05, 0.1) is 32.8 Å². The SMILES string of the molecule is O=C(NCC(=O)N1CC2(C[C@H]1C(=O)NCc1cc3cnccc3[nH]1)OCCO2)c1ccc(-c2ccccc2)cn1. The number of fused-ring (bicyclic) bond motifs is 1. The summed E-state index contributed by atoms with van der Waals surface area (Å²) in [5.41, 5.74) is 3.79. The Kier molecular flexibility index (Phi) is 6.97. The van der Waals surface area contributed by atoms with Crippen LogP contribution >= 0.6 is 0 Å². The number of likely N-dealkylation sites (tertiary alicyclic amines) is 1. The lowest BCUT2D eigenvalue weighted by Gasteiger charge is -2.24. The quantitative estimate of drug-likeness (QED) is 0.326. The molecule has 5 heterocycles. The number of carbonyl (C=O) groups excluding carboxylic acids is 3. The van der Waals surface area contributed by atoms with Crippen molar-refractivity contribution in [3.63, 3.8) is 0 Å². The van der Waals surface area contributed by atoms with Gasteiger partial charge in [0.2, 0.25) is 11.8 Å². The minimum absolute atomic E-state index is 0.0991. The molecule has 3 amide bonds. The maximum Gasteiger partial charge on any atom is 0.270 e. The summed E-state index contributed by atoms with van der Waals surface area (Å²) in [4.78, 5) is 52.3. The van der Waals surface area contributed by atoms with Crippen molar-refractivity contribution in [1.82, 2.24) is 30.5 Å². The molecule has 0 radical (unpaired) electrons. The molecule has 0 unspecified atom stereocenters. The molecule has 0 bridgehead atoms. The number of rotatable bonds is 7. The molecule has 40 heavy (non-hydrogen) atoms. The fraction of sp³-hybridized carbons (Fsp3) is 0.276. The van der Waals surface area contributed by atoms with E-state index in [1.807, 2.05) is 48.5 Å². The van der Waals surface area contributed by atoms with Crippen molar-refractivity contribution in [2.45, 2.75) is 24.8 Å². The smallest absolute Gasteiger partial charge is 0.270 e. The van der Waals surface area contributed by atoms with E-state index < -0.39 is 23.6 Å². The Morgan fingerprint density at radius 2 is 1.82 bits per heavy atom. The maximum atomic E-state index is 13.3. The summed E-state index contributed by atoms with van der Waals surface area (Å²) in [6.07, 6.45) is 5.26. The average molecular weight is 541 g/mol. The van der Waals surface area contributed by atoms with Crippen LogP contribution in [-0.4, -0.2) is 75.7 Å². The second-order valence-electron chi connectivity index (χ2n) is 9.81. The Morgan fingerprint density at radius 3 is 2.58 bits per heavy atom. The number of amides is 3. The molecule has 2 aliphatic heterocycles. The predicted octanol–water partition coefficient (Wildman–Crippen LogP) is 2.02. The molecular formula is C29H28N6O5. The third-order valence-electron chi connectivity index (χ3n) is 7.16. The number of nitrogens with one attached hydrogen (secondary N) is 3. The molecule has 11 heteroatoms. The molecule has 3 N–H and O–H groups in total. The Hall–Kier alpha value is -4.61. The molecule has 204 valence electrons. The monoisotopic (exact) mass is 540 g/mol. The Labute approximate surface area is 229 Å². The standard InChI is InChI=1S/C29H28N6O5/c36-26(17-33-27(37)24-7-6-20(15-31-24)19-4-2-1-3-5-19)35-18-29(39-10-11-40-29)13-25(35)28(38)32-16-22-12-21-14-30-9-8-23(21)34-22/h1-9,12,14-15,25,34H,10-11,13,16-18H2,(H,32,38)(H,33,37)/t25-/m0/s1. The Morgan fingerprint density at radius 1 is 1.00 bits per heavy atom. The van der Waals surface area contributed by atoms with Crippen LogP contribution in [0, 0.1) is 0 Å². The highest BCUT2D eigenvalue weighted by atomic mass is 16.7. The summed E-state index contributed by atoms with van der Waals surface area (Å²) < 4.78 is 11.6. The van der Waals surface area contributed by atoms with Gasteiger partial charge < -0.3 is 30.0 Å². The highest BCUT2D eigenvalue weighted by Crippen LogP contribution is 2.35. The van der Waals surface area contributed by atoms with Crippen molar-refractivity contribution in [2.75, 3.05) is 26.3 Å². The van der Waals surface area contributed by atoms with Gasteiger partial charge in [0.1, 0.15) is 11.7 Å². The topological polar surface area (TPSA) is 139 Å². The highest BCUT2D eigenvalue weighted by Gasteiger charge is 2.52. The lowest BCUT2D eigenvalue weighted by atomic mass is 10.1. The first-order valence-corrected chi connectivity index (χ1v) is 13.1. The van der Waals surface area contributed by atoms with Gasteiger partial charge in [-0.05, 0) is 23.8 Å². The lowest BCUT2D eigenvalue weighted by molar-refractivity contribution is -0.152. The molecule has 0 aliphatic carbocycles. The van der Waals surface area contributed by atoms with Gasteiger partial charge in [0, 0.05) is 47.2 Å². The summed E-state index contributed by atoms with van der Waals surface area (Å²) in [5, 5.41) is 6.48. The first kappa shape index (κ1) is 25.7. The van der Waals surface area contributed by atoms with Gasteiger partial charge in [-0.1, -0.05) is 36.4 Å². The fourth-order valence-corrected chi connectivity index (χ4v) is 5.15. The number of aromatic amines is 1. The third-order valence-corrected chi connectivity index (χ3v) is 7.16. The van der Waals surface area contributed by atoms with Gasteiger partial charge in [-0.15, -0.1) is 0 Å². The predicted molar refractivity (Wildman–Crippen MR) is 145 cm³/mol. The largest absolute Gasteiger partial charge is 0.357 e. The van der Waals surface area contributed by atoms with Gasteiger partial charge in [0.15, 0.2) is 5.79 Å². The van der Waals surface area contributed by atoms with E-state index in [0.29, 0.717) is 13.2 Å². The zero-order valence-electron chi connectivity index (χ0n) is 21.6. The number of nitrogens with zero attached hydrogens (tertiary/aromatic N) is 3. The maximum absolute atomic E-state index is 13.3. The molecule has 2 aliphatic rings. The number of pyridine rings is 2. The molecule has 0 saturated carbocycles. The summed E-state index contributed by atoms with van der Waals surface area (Å²) in [7, 11) is 0. The molecule has 1 atom stereocenters. The Balaban J connectivity index is 1.09. The molecule has 6 rings (SSSR count). The highest BCUT2D eigenvalue weighted by molar-refractivity contribution is 5.96. The van der Waals surface area contributed by atoms with E-state index in [1.54, 1.807) is 24.7 Å². The second kappa shape index (κ2) is 10.9. The van der Waals surface area contributed by atoms with Crippen molar-refractivity contribution in [2.24, 2.45) is 0 Å². The number of carbonyl (C=O) groups is 3. The van der Waals surface area contributed by atoms with Crippen LogP contribution < -0.4 is 10.6 Å². The summed E-state index contributed by atoms with van der Waals surface area (Å²) in [6.45, 7) is 0.835. The average Bonchev–Trinajstić information content (AvgIpc) is 3.73. The van der Waals surface area contributed by atoms with E-state index in [1.165, 1.54) is 4.90 Å². The van der Waals surface area contributed by atoms with E-state index in [-0.39, 0.29) is 37.7 Å². The van der Waals surface area contributed by atoms with Gasteiger partial charge in [-0.2, -0.15) is 0 Å². The normalized spacial score (nSPS) is 17.8. The van der Waals surface area contributed by atoms with Crippen LogP contribution in [0.3, 0.4) is 0 Å². The third kappa shape index (κ3) is 5.29.